The SMILES string of the molecule is CC(CCl)CS(=O)(=O)c1nccc2c1ncn2C. The lowest BCUT2D eigenvalue weighted by molar-refractivity contribution is 0.580. The minimum atomic E-state index is -3.46. The summed E-state index contributed by atoms with van der Waals surface area (Å²) in [4.78, 5) is 8.08. The average molecular weight is 288 g/mol. The van der Waals surface area contributed by atoms with Gasteiger partial charge in [-0.25, -0.2) is 18.4 Å². The molecule has 0 radical (unpaired) electrons. The number of sulfone groups is 1. The first kappa shape index (κ1) is 13.3. The van der Waals surface area contributed by atoms with Crippen LogP contribution >= 0.6 is 11.6 Å². The number of aryl methyl sites for hydroxylation is 1. The van der Waals surface area contributed by atoms with Crippen LogP contribution in [0.5, 0.6) is 0 Å². The summed E-state index contributed by atoms with van der Waals surface area (Å²) >= 11 is 5.66. The van der Waals surface area contributed by atoms with Gasteiger partial charge in [0, 0.05) is 19.1 Å². The zero-order valence-corrected chi connectivity index (χ0v) is 11.7. The van der Waals surface area contributed by atoms with Crippen LogP contribution in [0.2, 0.25) is 0 Å². The second-order valence-electron chi connectivity index (χ2n) is 4.38. The van der Waals surface area contributed by atoms with Crippen molar-refractivity contribution in [1.29, 1.82) is 0 Å². The van der Waals surface area contributed by atoms with E-state index in [2.05, 4.69) is 9.97 Å². The third-order valence-electron chi connectivity index (χ3n) is 2.67. The first-order valence-corrected chi connectivity index (χ1v) is 7.69. The number of aromatic nitrogens is 3. The molecule has 0 aliphatic rings. The number of hydrogen-bond donors (Lipinski definition) is 0. The lowest BCUT2D eigenvalue weighted by atomic mass is 10.3. The Balaban J connectivity index is 2.54. The Morgan fingerprint density at radius 3 is 2.83 bits per heavy atom. The minimum absolute atomic E-state index is 0.0147. The number of rotatable bonds is 4. The summed E-state index contributed by atoms with van der Waals surface area (Å²) in [7, 11) is -1.64. The van der Waals surface area contributed by atoms with E-state index in [1.54, 1.807) is 23.9 Å². The molecule has 0 aliphatic heterocycles. The van der Waals surface area contributed by atoms with E-state index in [1.165, 1.54) is 6.20 Å². The highest BCUT2D eigenvalue weighted by atomic mass is 35.5. The summed E-state index contributed by atoms with van der Waals surface area (Å²) in [6.07, 6.45) is 3.07. The van der Waals surface area contributed by atoms with Gasteiger partial charge in [-0.05, 0) is 12.0 Å². The fourth-order valence-electron chi connectivity index (χ4n) is 1.76. The maximum absolute atomic E-state index is 12.3. The summed E-state index contributed by atoms with van der Waals surface area (Å²) in [6, 6.07) is 1.74. The molecule has 2 aromatic rings. The summed E-state index contributed by atoms with van der Waals surface area (Å²) < 4.78 is 26.3. The number of pyridine rings is 1. The van der Waals surface area contributed by atoms with Gasteiger partial charge in [0.15, 0.2) is 14.9 Å². The highest BCUT2D eigenvalue weighted by Crippen LogP contribution is 2.21. The lowest BCUT2D eigenvalue weighted by Gasteiger charge is -2.08. The van der Waals surface area contributed by atoms with Crippen molar-refractivity contribution in [3.8, 4) is 0 Å². The molecule has 0 fully saturated rings. The zero-order valence-electron chi connectivity index (χ0n) is 10.2. The van der Waals surface area contributed by atoms with Crippen LogP contribution in [0.3, 0.4) is 0 Å². The molecule has 1 unspecified atom stereocenters. The molecule has 0 N–H and O–H groups in total. The maximum Gasteiger partial charge on any atom is 0.198 e. The number of fused-ring (bicyclic) bond motifs is 1. The molecule has 2 aromatic heterocycles. The lowest BCUT2D eigenvalue weighted by Crippen LogP contribution is -2.16. The van der Waals surface area contributed by atoms with Crippen molar-refractivity contribution in [2.24, 2.45) is 13.0 Å². The minimum Gasteiger partial charge on any atom is -0.334 e. The number of hydrogen-bond acceptors (Lipinski definition) is 4. The molecule has 7 heteroatoms. The maximum atomic E-state index is 12.3. The Morgan fingerprint density at radius 1 is 1.44 bits per heavy atom. The molecule has 98 valence electrons. The van der Waals surface area contributed by atoms with Crippen LogP contribution in [0.4, 0.5) is 0 Å². The zero-order chi connectivity index (χ0) is 13.3. The van der Waals surface area contributed by atoms with E-state index >= 15 is 0 Å². The van der Waals surface area contributed by atoms with Crippen LogP contribution in [0.1, 0.15) is 6.92 Å². The van der Waals surface area contributed by atoms with Crippen LogP contribution in [-0.2, 0) is 16.9 Å². The second-order valence-corrected chi connectivity index (χ2v) is 6.64. The third kappa shape index (κ3) is 2.35. The fourth-order valence-corrected chi connectivity index (χ4v) is 3.70. The van der Waals surface area contributed by atoms with E-state index in [4.69, 9.17) is 11.6 Å². The smallest absolute Gasteiger partial charge is 0.198 e. The van der Waals surface area contributed by atoms with Gasteiger partial charge >= 0.3 is 0 Å². The van der Waals surface area contributed by atoms with Gasteiger partial charge in [-0.2, -0.15) is 0 Å². The van der Waals surface area contributed by atoms with Gasteiger partial charge in [0.05, 0.1) is 17.6 Å². The summed E-state index contributed by atoms with van der Waals surface area (Å²) in [5.41, 5.74) is 1.17. The fraction of sp³-hybridized carbons (Fsp3) is 0.455. The van der Waals surface area contributed by atoms with Crippen LogP contribution < -0.4 is 0 Å². The van der Waals surface area contributed by atoms with Crippen LogP contribution in [0.15, 0.2) is 23.6 Å². The van der Waals surface area contributed by atoms with Gasteiger partial charge in [-0.15, -0.1) is 11.6 Å². The number of halogens is 1. The number of imidazole rings is 1. The summed E-state index contributed by atoms with van der Waals surface area (Å²) in [5, 5.41) is 0.0394. The molecule has 0 aromatic carbocycles. The Morgan fingerprint density at radius 2 is 2.17 bits per heavy atom. The summed E-state index contributed by atoms with van der Waals surface area (Å²) in [6.45, 7) is 1.79. The largest absolute Gasteiger partial charge is 0.334 e. The monoisotopic (exact) mass is 287 g/mol. The molecule has 0 saturated carbocycles. The third-order valence-corrected chi connectivity index (χ3v) is 5.09. The van der Waals surface area contributed by atoms with E-state index < -0.39 is 9.84 Å². The topological polar surface area (TPSA) is 64.8 Å². The summed E-state index contributed by atoms with van der Waals surface area (Å²) in [5.74, 6) is 0.175. The van der Waals surface area contributed by atoms with E-state index in [1.807, 2.05) is 7.05 Å². The molecule has 0 aliphatic carbocycles. The van der Waals surface area contributed by atoms with Crippen molar-refractivity contribution in [3.05, 3.63) is 18.6 Å². The second kappa shape index (κ2) is 4.85. The van der Waals surface area contributed by atoms with Crippen molar-refractivity contribution < 1.29 is 8.42 Å². The normalized spacial score (nSPS) is 13.9. The van der Waals surface area contributed by atoms with Crippen molar-refractivity contribution in [2.45, 2.75) is 11.9 Å². The van der Waals surface area contributed by atoms with Crippen molar-refractivity contribution in [2.75, 3.05) is 11.6 Å². The Bertz CT molecular complexity index is 666. The number of nitrogens with zero attached hydrogens (tertiary/aromatic N) is 3. The van der Waals surface area contributed by atoms with E-state index in [9.17, 15) is 8.42 Å². The van der Waals surface area contributed by atoms with Crippen LogP contribution in [0, 0.1) is 5.92 Å². The highest BCUT2D eigenvalue weighted by molar-refractivity contribution is 7.91. The predicted octanol–water partition coefficient (Wildman–Crippen LogP) is 1.62. The van der Waals surface area contributed by atoms with Gasteiger partial charge in [0.1, 0.15) is 5.52 Å². The Hall–Kier alpha value is -1.14. The molecule has 0 bridgehead atoms. The molecular weight excluding hydrogens is 274 g/mol. The molecule has 0 saturated heterocycles. The van der Waals surface area contributed by atoms with Crippen molar-refractivity contribution in [1.82, 2.24) is 14.5 Å². The van der Waals surface area contributed by atoms with Gasteiger partial charge in [0.25, 0.3) is 0 Å². The predicted molar refractivity (Wildman–Crippen MR) is 70.4 cm³/mol. The van der Waals surface area contributed by atoms with Crippen LogP contribution in [0.25, 0.3) is 11.0 Å². The molecule has 18 heavy (non-hydrogen) atoms. The average Bonchev–Trinajstić information content (AvgIpc) is 2.70. The first-order valence-electron chi connectivity index (χ1n) is 5.50. The molecular formula is C11H14ClN3O2S. The van der Waals surface area contributed by atoms with E-state index in [-0.39, 0.29) is 16.7 Å². The Labute approximate surface area is 111 Å². The quantitative estimate of drug-likeness (QED) is 0.802. The van der Waals surface area contributed by atoms with Gasteiger partial charge in [-0.1, -0.05) is 6.92 Å². The molecule has 2 heterocycles. The molecule has 1 atom stereocenters. The van der Waals surface area contributed by atoms with E-state index in [0.29, 0.717) is 11.4 Å². The molecule has 0 spiro atoms. The van der Waals surface area contributed by atoms with E-state index in [0.717, 1.165) is 5.52 Å². The van der Waals surface area contributed by atoms with Gasteiger partial charge < -0.3 is 4.57 Å². The van der Waals surface area contributed by atoms with Crippen LogP contribution in [-0.4, -0.2) is 34.6 Å². The molecule has 5 nitrogen and oxygen atoms in total. The van der Waals surface area contributed by atoms with Crippen molar-refractivity contribution >= 4 is 32.5 Å². The van der Waals surface area contributed by atoms with Gasteiger partial charge in [-0.3, -0.25) is 0 Å². The van der Waals surface area contributed by atoms with Gasteiger partial charge in [0.2, 0.25) is 0 Å². The first-order chi connectivity index (χ1) is 8.45. The molecule has 2 rings (SSSR count). The highest BCUT2D eigenvalue weighted by Gasteiger charge is 2.23. The van der Waals surface area contributed by atoms with Crippen molar-refractivity contribution in [3.63, 3.8) is 0 Å². The molecule has 0 amide bonds. The standard InChI is InChI=1S/C11H14ClN3O2S/c1-8(5-12)6-18(16,17)11-10-9(3-4-13-11)15(2)7-14-10/h3-4,7-8H,5-6H2,1-2H3. The Kier molecular flexibility index (Phi) is 3.59. The number of alkyl halides is 1.